The molecule has 25 heavy (non-hydrogen) atoms. The van der Waals surface area contributed by atoms with E-state index in [1.165, 1.54) is 6.33 Å². The number of halogens is 2. The lowest BCUT2D eigenvalue weighted by molar-refractivity contribution is 0.0912. The highest BCUT2D eigenvalue weighted by atomic mass is 35.5. The number of aliphatic hydroxyl groups excluding tert-OH is 1. The summed E-state index contributed by atoms with van der Waals surface area (Å²) in [5.41, 5.74) is 2.37. The quantitative estimate of drug-likeness (QED) is 0.596. The van der Waals surface area contributed by atoms with E-state index in [2.05, 4.69) is 20.3 Å². The van der Waals surface area contributed by atoms with Crippen molar-refractivity contribution in [2.24, 2.45) is 0 Å². The maximum absolute atomic E-state index is 12.4. The maximum Gasteiger partial charge on any atom is 0.268 e. The number of aliphatic hydroxyl groups is 1. The number of carbonyl (C=O) groups is 1. The van der Waals surface area contributed by atoms with Crippen LogP contribution in [0.3, 0.4) is 0 Å². The molecule has 0 fully saturated rings. The number of aromatic amines is 1. The predicted molar refractivity (Wildman–Crippen MR) is 95.6 cm³/mol. The molecule has 1 atom stereocenters. The summed E-state index contributed by atoms with van der Waals surface area (Å²) < 4.78 is 0. The van der Waals surface area contributed by atoms with Crippen LogP contribution < -0.4 is 5.32 Å². The molecule has 0 aliphatic rings. The smallest absolute Gasteiger partial charge is 0.268 e. The van der Waals surface area contributed by atoms with Gasteiger partial charge < -0.3 is 15.4 Å². The fourth-order valence-electron chi connectivity index (χ4n) is 2.36. The van der Waals surface area contributed by atoms with Gasteiger partial charge in [0.2, 0.25) is 0 Å². The summed E-state index contributed by atoms with van der Waals surface area (Å²) in [5.74, 6) is -0.356. The Kier molecular flexibility index (Phi) is 5.33. The molecule has 0 aliphatic carbocycles. The number of H-pyrrole nitrogens is 1. The van der Waals surface area contributed by atoms with E-state index in [-0.39, 0.29) is 12.5 Å². The zero-order valence-corrected chi connectivity index (χ0v) is 14.4. The molecule has 0 bridgehead atoms. The van der Waals surface area contributed by atoms with Gasteiger partial charge in [0.25, 0.3) is 5.91 Å². The Morgan fingerprint density at radius 2 is 2.08 bits per heavy atom. The lowest BCUT2D eigenvalue weighted by Gasteiger charge is -2.16. The average Bonchev–Trinajstić information content (AvgIpc) is 3.10. The molecule has 0 saturated carbocycles. The summed E-state index contributed by atoms with van der Waals surface area (Å²) in [6, 6.07) is 9.67. The van der Waals surface area contributed by atoms with Crippen molar-refractivity contribution in [2.45, 2.75) is 6.04 Å². The Bertz CT molecular complexity index is 898. The summed E-state index contributed by atoms with van der Waals surface area (Å²) in [6.07, 6.45) is 3.01. The van der Waals surface area contributed by atoms with Gasteiger partial charge in [-0.15, -0.1) is 0 Å². The SMILES string of the molecule is O=C(N[C@H](CO)c1cccc(Cl)c1)c1cc(-c2cc(Cl)ncn2)c[nH]1. The van der Waals surface area contributed by atoms with E-state index in [0.717, 1.165) is 5.56 Å². The van der Waals surface area contributed by atoms with Gasteiger partial charge in [-0.3, -0.25) is 4.79 Å². The minimum absolute atomic E-state index is 0.249. The fourth-order valence-corrected chi connectivity index (χ4v) is 2.70. The van der Waals surface area contributed by atoms with Crippen molar-refractivity contribution in [3.63, 3.8) is 0 Å². The van der Waals surface area contributed by atoms with E-state index < -0.39 is 6.04 Å². The number of amides is 1. The van der Waals surface area contributed by atoms with Crippen LogP contribution in [0.4, 0.5) is 0 Å². The number of nitrogens with one attached hydrogen (secondary N) is 2. The Hall–Kier alpha value is -2.41. The first kappa shape index (κ1) is 17.4. The topological polar surface area (TPSA) is 90.9 Å². The number of aromatic nitrogens is 3. The van der Waals surface area contributed by atoms with Gasteiger partial charge in [-0.25, -0.2) is 9.97 Å². The van der Waals surface area contributed by atoms with Crippen LogP contribution in [0.5, 0.6) is 0 Å². The third kappa shape index (κ3) is 4.17. The van der Waals surface area contributed by atoms with E-state index in [9.17, 15) is 9.90 Å². The number of nitrogens with zero attached hydrogens (tertiary/aromatic N) is 2. The standard InChI is InChI=1S/C17H14Cl2N4O2/c18-12-3-1-2-10(4-12)15(8-24)23-17(25)14-5-11(7-20-14)13-6-16(19)22-9-21-13/h1-7,9,15,20,24H,8H2,(H,23,25)/t15-/m1/s1. The van der Waals surface area contributed by atoms with Crippen LogP contribution in [-0.4, -0.2) is 32.6 Å². The lowest BCUT2D eigenvalue weighted by Crippen LogP contribution is -2.31. The normalized spacial score (nSPS) is 12.0. The number of hydrogen-bond acceptors (Lipinski definition) is 4. The van der Waals surface area contributed by atoms with Crippen LogP contribution in [0.15, 0.2) is 48.9 Å². The largest absolute Gasteiger partial charge is 0.394 e. The minimum atomic E-state index is -0.563. The number of hydrogen-bond donors (Lipinski definition) is 3. The molecule has 8 heteroatoms. The van der Waals surface area contributed by atoms with Crippen molar-refractivity contribution >= 4 is 29.1 Å². The molecule has 0 saturated heterocycles. The van der Waals surface area contributed by atoms with Gasteiger partial charge in [-0.2, -0.15) is 0 Å². The monoisotopic (exact) mass is 376 g/mol. The Labute approximate surface area is 153 Å². The van der Waals surface area contributed by atoms with E-state index in [1.54, 1.807) is 42.6 Å². The van der Waals surface area contributed by atoms with Gasteiger partial charge >= 0.3 is 0 Å². The molecular formula is C17H14Cl2N4O2. The first-order valence-electron chi connectivity index (χ1n) is 7.40. The molecule has 2 heterocycles. The highest BCUT2D eigenvalue weighted by molar-refractivity contribution is 6.30. The van der Waals surface area contributed by atoms with Crippen LogP contribution >= 0.6 is 23.2 Å². The third-order valence-electron chi connectivity index (χ3n) is 3.60. The van der Waals surface area contributed by atoms with Gasteiger partial charge in [0, 0.05) is 22.8 Å². The Balaban J connectivity index is 1.77. The molecule has 0 spiro atoms. The summed E-state index contributed by atoms with van der Waals surface area (Å²) >= 11 is 11.8. The van der Waals surface area contributed by atoms with Crippen LogP contribution in [0, 0.1) is 0 Å². The van der Waals surface area contributed by atoms with Crippen LogP contribution in [0.2, 0.25) is 10.2 Å². The predicted octanol–water partition coefficient (Wildman–Crippen LogP) is 3.24. The molecule has 3 aromatic rings. The van der Waals surface area contributed by atoms with E-state index in [4.69, 9.17) is 23.2 Å². The highest BCUT2D eigenvalue weighted by Crippen LogP contribution is 2.21. The van der Waals surface area contributed by atoms with Gasteiger partial charge in [0.1, 0.15) is 17.2 Å². The first-order valence-corrected chi connectivity index (χ1v) is 8.16. The van der Waals surface area contributed by atoms with Gasteiger partial charge in [0.05, 0.1) is 18.3 Å². The van der Waals surface area contributed by atoms with Crippen molar-refractivity contribution < 1.29 is 9.90 Å². The molecule has 3 rings (SSSR count). The maximum atomic E-state index is 12.4. The van der Waals surface area contributed by atoms with E-state index in [0.29, 0.717) is 27.1 Å². The van der Waals surface area contributed by atoms with Crippen molar-refractivity contribution in [3.05, 3.63) is 70.4 Å². The highest BCUT2D eigenvalue weighted by Gasteiger charge is 2.17. The molecule has 0 radical (unpaired) electrons. The molecule has 0 aliphatic heterocycles. The molecule has 128 valence electrons. The molecule has 3 N–H and O–H groups in total. The molecule has 1 amide bonds. The molecular weight excluding hydrogens is 363 g/mol. The zero-order valence-electron chi connectivity index (χ0n) is 12.9. The third-order valence-corrected chi connectivity index (χ3v) is 4.04. The lowest BCUT2D eigenvalue weighted by atomic mass is 10.1. The second-order valence-corrected chi connectivity index (χ2v) is 6.12. The van der Waals surface area contributed by atoms with Crippen molar-refractivity contribution in [3.8, 4) is 11.3 Å². The van der Waals surface area contributed by atoms with Crippen molar-refractivity contribution in [1.82, 2.24) is 20.3 Å². The Morgan fingerprint density at radius 1 is 1.24 bits per heavy atom. The fraction of sp³-hybridized carbons (Fsp3) is 0.118. The van der Waals surface area contributed by atoms with Crippen LogP contribution in [0.25, 0.3) is 11.3 Å². The molecule has 1 aromatic carbocycles. The second kappa shape index (κ2) is 7.65. The molecule has 0 unspecified atom stereocenters. The van der Waals surface area contributed by atoms with Crippen LogP contribution in [-0.2, 0) is 0 Å². The van der Waals surface area contributed by atoms with Crippen molar-refractivity contribution in [1.29, 1.82) is 0 Å². The summed E-state index contributed by atoms with van der Waals surface area (Å²) in [6.45, 7) is -0.249. The summed E-state index contributed by atoms with van der Waals surface area (Å²) in [5, 5.41) is 13.2. The number of rotatable bonds is 5. The average molecular weight is 377 g/mol. The van der Waals surface area contributed by atoms with Gasteiger partial charge in [-0.1, -0.05) is 35.3 Å². The van der Waals surface area contributed by atoms with E-state index >= 15 is 0 Å². The summed E-state index contributed by atoms with van der Waals surface area (Å²) in [7, 11) is 0. The van der Waals surface area contributed by atoms with Gasteiger partial charge in [-0.05, 0) is 23.8 Å². The van der Waals surface area contributed by atoms with Crippen LogP contribution in [0.1, 0.15) is 22.1 Å². The first-order chi connectivity index (χ1) is 12.1. The number of carbonyl (C=O) groups excluding carboxylic acids is 1. The zero-order chi connectivity index (χ0) is 17.8. The molecule has 2 aromatic heterocycles. The van der Waals surface area contributed by atoms with Crippen molar-refractivity contribution in [2.75, 3.05) is 6.61 Å². The Morgan fingerprint density at radius 3 is 2.80 bits per heavy atom. The number of benzene rings is 1. The van der Waals surface area contributed by atoms with Gasteiger partial charge in [0.15, 0.2) is 0 Å². The second-order valence-electron chi connectivity index (χ2n) is 5.29. The molecule has 6 nitrogen and oxygen atoms in total. The summed E-state index contributed by atoms with van der Waals surface area (Å²) in [4.78, 5) is 23.3. The minimum Gasteiger partial charge on any atom is -0.394 e. The van der Waals surface area contributed by atoms with E-state index in [1.807, 2.05) is 0 Å².